The highest BCUT2D eigenvalue weighted by molar-refractivity contribution is 5.98. The monoisotopic (exact) mass is 444 g/mol. The molecule has 168 valence electrons. The van der Waals surface area contributed by atoms with E-state index in [1.807, 2.05) is 24.3 Å². The molecule has 1 aliphatic rings. The van der Waals surface area contributed by atoms with Crippen LogP contribution in [0.4, 0.5) is 30.5 Å². The van der Waals surface area contributed by atoms with E-state index in [4.69, 9.17) is 11.5 Å². The van der Waals surface area contributed by atoms with Gasteiger partial charge in [0.05, 0.1) is 29.0 Å². The molecule has 1 aliphatic carbocycles. The summed E-state index contributed by atoms with van der Waals surface area (Å²) in [5, 5.41) is 6.49. The van der Waals surface area contributed by atoms with Crippen LogP contribution >= 0.6 is 0 Å². The van der Waals surface area contributed by atoms with Gasteiger partial charge in [-0.3, -0.25) is 9.78 Å². The van der Waals surface area contributed by atoms with Crippen LogP contribution < -0.4 is 22.1 Å². The first kappa shape index (κ1) is 21.8. The van der Waals surface area contributed by atoms with Crippen molar-refractivity contribution in [1.82, 2.24) is 9.97 Å². The van der Waals surface area contributed by atoms with Crippen LogP contribution in [0.15, 0.2) is 42.6 Å². The zero-order valence-electron chi connectivity index (χ0n) is 17.1. The number of alkyl halides is 2. The van der Waals surface area contributed by atoms with Crippen LogP contribution in [0, 0.1) is 5.82 Å². The number of aromatic nitrogens is 2. The Morgan fingerprint density at radius 3 is 2.72 bits per heavy atom. The van der Waals surface area contributed by atoms with E-state index in [-0.39, 0.29) is 23.6 Å². The number of benzene rings is 1. The minimum absolute atomic E-state index is 0.0209. The number of fused-ring (bicyclic) bond motifs is 1. The zero-order valence-corrected chi connectivity index (χ0v) is 17.1. The number of nitrogens with two attached hydrogens (primary N) is 2. The van der Waals surface area contributed by atoms with Crippen LogP contribution in [0.3, 0.4) is 0 Å². The second kappa shape index (κ2) is 8.62. The Hall–Kier alpha value is -3.40. The molecule has 7 nitrogen and oxygen atoms in total. The van der Waals surface area contributed by atoms with Gasteiger partial charge in [0, 0.05) is 17.8 Å². The summed E-state index contributed by atoms with van der Waals surface area (Å²) >= 11 is 0. The normalized spacial score (nSPS) is 20.5. The van der Waals surface area contributed by atoms with Crippen LogP contribution in [-0.4, -0.2) is 33.9 Å². The third-order valence-corrected chi connectivity index (χ3v) is 5.61. The van der Waals surface area contributed by atoms with Crippen molar-refractivity contribution < 1.29 is 18.0 Å². The van der Waals surface area contributed by atoms with Crippen molar-refractivity contribution in [2.24, 2.45) is 11.5 Å². The minimum Gasteiger partial charge on any atom is -0.365 e. The molecule has 0 bridgehead atoms. The second-order valence-electron chi connectivity index (χ2n) is 7.90. The number of carbonyl (C=O) groups is 1. The molecule has 4 rings (SSSR count). The molecule has 3 aromatic rings. The minimum atomic E-state index is -3.07. The standard InChI is InChI=1S/C22H23F3N6O/c23-15-10-14(19(27)32)20(29-13-9-12-5-1-2-6-16(12)28-11-13)31-21(15)30-17-7-3-4-8-22(24,25)18(17)26/h1-2,5-6,9-11,17-18H,3-4,7-8,26H2,(H2,27,32)(H2,29,30,31)/t17-,18-/m1/s1. The third kappa shape index (κ3) is 4.45. The predicted octanol–water partition coefficient (Wildman–Crippen LogP) is 3.93. The molecule has 1 saturated carbocycles. The Kier molecular flexibility index (Phi) is 5.88. The number of nitrogens with one attached hydrogen (secondary N) is 2. The van der Waals surface area contributed by atoms with Gasteiger partial charge in [-0.2, -0.15) is 0 Å². The molecule has 2 heterocycles. The molecular formula is C22H23F3N6O. The Balaban J connectivity index is 1.67. The van der Waals surface area contributed by atoms with E-state index in [9.17, 15) is 18.0 Å². The molecule has 0 saturated heterocycles. The summed E-state index contributed by atoms with van der Waals surface area (Å²) in [6, 6.07) is 7.75. The molecule has 1 aromatic carbocycles. The maximum Gasteiger partial charge on any atom is 0.264 e. The number of para-hydroxylation sites is 1. The van der Waals surface area contributed by atoms with Crippen molar-refractivity contribution in [2.75, 3.05) is 10.6 Å². The number of primary amides is 1. The van der Waals surface area contributed by atoms with Crippen LogP contribution in [0.5, 0.6) is 0 Å². The number of halogens is 3. The van der Waals surface area contributed by atoms with Crippen LogP contribution in [-0.2, 0) is 0 Å². The first-order valence-corrected chi connectivity index (χ1v) is 10.3. The van der Waals surface area contributed by atoms with Crippen molar-refractivity contribution in [3.8, 4) is 0 Å². The number of anilines is 3. The molecule has 1 amide bonds. The lowest BCUT2D eigenvalue weighted by Gasteiger charge is -2.29. The lowest BCUT2D eigenvalue weighted by atomic mass is 10.0. The fourth-order valence-corrected chi connectivity index (χ4v) is 3.85. The maximum absolute atomic E-state index is 14.7. The fraction of sp³-hybridized carbons (Fsp3) is 0.318. The van der Waals surface area contributed by atoms with Gasteiger partial charge in [-0.15, -0.1) is 0 Å². The van der Waals surface area contributed by atoms with E-state index in [1.54, 1.807) is 6.07 Å². The summed E-state index contributed by atoms with van der Waals surface area (Å²) in [5.74, 6) is -5.16. The Morgan fingerprint density at radius 2 is 1.94 bits per heavy atom. The van der Waals surface area contributed by atoms with Gasteiger partial charge in [0.25, 0.3) is 11.8 Å². The topological polar surface area (TPSA) is 119 Å². The average Bonchev–Trinajstić information content (AvgIpc) is 2.88. The van der Waals surface area contributed by atoms with Crippen LogP contribution in [0.25, 0.3) is 10.9 Å². The number of nitrogens with zero attached hydrogens (tertiary/aromatic N) is 2. The average molecular weight is 444 g/mol. The number of rotatable bonds is 5. The van der Waals surface area contributed by atoms with E-state index in [0.717, 1.165) is 17.0 Å². The zero-order chi connectivity index (χ0) is 22.9. The number of hydrogen-bond acceptors (Lipinski definition) is 6. The summed E-state index contributed by atoms with van der Waals surface area (Å²) < 4.78 is 43.1. The molecule has 32 heavy (non-hydrogen) atoms. The summed E-state index contributed by atoms with van der Waals surface area (Å²) in [4.78, 5) is 20.4. The van der Waals surface area contributed by atoms with Gasteiger partial charge < -0.3 is 22.1 Å². The van der Waals surface area contributed by atoms with E-state index >= 15 is 0 Å². The summed E-state index contributed by atoms with van der Waals surface area (Å²) in [6.07, 6.45) is 2.41. The summed E-state index contributed by atoms with van der Waals surface area (Å²) in [7, 11) is 0. The lowest BCUT2D eigenvalue weighted by molar-refractivity contribution is -0.0334. The Morgan fingerprint density at radius 1 is 1.16 bits per heavy atom. The number of amides is 1. The van der Waals surface area contributed by atoms with Crippen LogP contribution in [0.1, 0.15) is 36.0 Å². The van der Waals surface area contributed by atoms with Gasteiger partial charge in [0.1, 0.15) is 5.82 Å². The molecule has 0 unspecified atom stereocenters. The van der Waals surface area contributed by atoms with Crippen molar-refractivity contribution in [3.05, 3.63) is 54.0 Å². The highest BCUT2D eigenvalue weighted by atomic mass is 19.3. The second-order valence-corrected chi connectivity index (χ2v) is 7.90. The molecule has 1 fully saturated rings. The Bertz CT molecular complexity index is 1160. The van der Waals surface area contributed by atoms with E-state index in [2.05, 4.69) is 20.6 Å². The number of carbonyl (C=O) groups excluding carboxylic acids is 1. The molecular weight excluding hydrogens is 421 g/mol. The first-order chi connectivity index (χ1) is 15.2. The highest BCUT2D eigenvalue weighted by Gasteiger charge is 2.43. The SMILES string of the molecule is NC(=O)c1cc(F)c(N[C@@H]2CCCCC(F)(F)[C@@H]2N)nc1Nc1cnc2ccccc2c1. The van der Waals surface area contributed by atoms with E-state index < -0.39 is 29.7 Å². The number of hydrogen-bond donors (Lipinski definition) is 4. The number of pyridine rings is 2. The molecule has 0 aliphatic heterocycles. The largest absolute Gasteiger partial charge is 0.365 e. The lowest BCUT2D eigenvalue weighted by Crippen LogP contribution is -2.51. The van der Waals surface area contributed by atoms with Gasteiger partial charge >= 0.3 is 0 Å². The molecule has 0 radical (unpaired) electrons. The highest BCUT2D eigenvalue weighted by Crippen LogP contribution is 2.33. The molecule has 0 spiro atoms. The third-order valence-electron chi connectivity index (χ3n) is 5.61. The van der Waals surface area contributed by atoms with Gasteiger partial charge in [-0.05, 0) is 31.0 Å². The van der Waals surface area contributed by atoms with Crippen molar-refractivity contribution >= 4 is 34.1 Å². The van der Waals surface area contributed by atoms with Crippen molar-refractivity contribution in [3.63, 3.8) is 0 Å². The van der Waals surface area contributed by atoms with Gasteiger partial charge in [-0.25, -0.2) is 18.2 Å². The predicted molar refractivity (Wildman–Crippen MR) is 117 cm³/mol. The quantitative estimate of drug-likeness (QED) is 0.443. The molecule has 2 aromatic heterocycles. The molecule has 2 atom stereocenters. The Labute approximate surface area is 182 Å². The van der Waals surface area contributed by atoms with Gasteiger partial charge in [0.2, 0.25) is 0 Å². The smallest absolute Gasteiger partial charge is 0.264 e. The first-order valence-electron chi connectivity index (χ1n) is 10.3. The van der Waals surface area contributed by atoms with E-state index in [0.29, 0.717) is 24.9 Å². The molecule has 6 N–H and O–H groups in total. The summed E-state index contributed by atoms with van der Waals surface area (Å²) in [5.41, 5.74) is 12.3. The van der Waals surface area contributed by atoms with Crippen LogP contribution in [0.2, 0.25) is 0 Å². The van der Waals surface area contributed by atoms with Gasteiger partial charge in [0.15, 0.2) is 11.6 Å². The summed E-state index contributed by atoms with van der Waals surface area (Å²) in [6.45, 7) is 0. The van der Waals surface area contributed by atoms with Gasteiger partial charge in [-0.1, -0.05) is 24.6 Å². The maximum atomic E-state index is 14.7. The fourth-order valence-electron chi connectivity index (χ4n) is 3.85. The van der Waals surface area contributed by atoms with Crippen molar-refractivity contribution in [1.29, 1.82) is 0 Å². The molecule has 10 heteroatoms. The van der Waals surface area contributed by atoms with Crippen molar-refractivity contribution in [2.45, 2.75) is 43.7 Å². The van der Waals surface area contributed by atoms with E-state index in [1.165, 1.54) is 6.20 Å².